The molecule has 0 fully saturated rings. The second-order valence-electron chi connectivity index (χ2n) is 28.3. The van der Waals surface area contributed by atoms with Gasteiger partial charge in [0.25, 0.3) is 0 Å². The maximum absolute atomic E-state index is 12.1. The van der Waals surface area contributed by atoms with Crippen molar-refractivity contribution in [3.8, 4) is 0 Å². The Hall–Kier alpha value is -0.170. The molecule has 0 aromatic carbocycles. The van der Waals surface area contributed by atoms with Crippen LogP contribution in [-0.2, 0) is 47.2 Å². The van der Waals surface area contributed by atoms with E-state index in [0.29, 0.717) is 25.7 Å². The Morgan fingerprint density at radius 1 is 0.280 bits per heavy atom. The van der Waals surface area contributed by atoms with Crippen molar-refractivity contribution in [2.75, 3.05) is 39.6 Å². The molecular weight excluding hydrogens is 1310 g/mol. The molecule has 16 nitrogen and oxygen atoms in total. The van der Waals surface area contributed by atoms with Crippen LogP contribution < -0.4 is 68.9 Å². The van der Waals surface area contributed by atoms with Gasteiger partial charge in [-0.25, -0.2) is 0 Å². The van der Waals surface area contributed by atoms with Gasteiger partial charge in [-0.3, -0.25) is 19.2 Å². The standard InChI is InChI=1S/2C39H76O5.C3H9O6P.2Na/c2*1-3-5-7-9-11-13-15-17-19-21-23-25-27-29-31-33-38(41)43-36-37(35-40)44-39(42)34-32-30-28-26-24-22-20-18-16-14-12-10-8-6-4-2;4-1-3(5)2-9-10(6,7)8;;/h2*37,40H,3-36H2,1-2H3;3-5H,1-2H2,(H2,6,7,8);;/q;;;2*+1/p-2/t2*37-;;;/m00.../s1. The van der Waals surface area contributed by atoms with Crippen LogP contribution in [-0.4, -0.2) is 102 Å². The monoisotopic (exact) mass is 1470 g/mol. The normalized spacial score (nSPS) is 12.1. The molecule has 0 aliphatic carbocycles. The van der Waals surface area contributed by atoms with E-state index >= 15 is 0 Å². The van der Waals surface area contributed by atoms with Crippen LogP contribution in [0, 0.1) is 0 Å². The van der Waals surface area contributed by atoms with Gasteiger partial charge < -0.3 is 58.2 Å². The summed E-state index contributed by atoms with van der Waals surface area (Å²) in [5, 5.41) is 35.6. The zero-order chi connectivity index (χ0) is 72.6. The fourth-order valence-corrected chi connectivity index (χ4v) is 12.4. The summed E-state index contributed by atoms with van der Waals surface area (Å²) in [4.78, 5) is 67.8. The Morgan fingerprint density at radius 3 is 0.610 bits per heavy atom. The zero-order valence-corrected chi connectivity index (χ0v) is 71.3. The molecule has 0 saturated heterocycles. The van der Waals surface area contributed by atoms with E-state index in [9.17, 15) is 43.7 Å². The maximum atomic E-state index is 12.1. The zero-order valence-electron chi connectivity index (χ0n) is 66.4. The van der Waals surface area contributed by atoms with Crippen molar-refractivity contribution < 1.29 is 137 Å². The number of aliphatic hydroxyl groups is 4. The maximum Gasteiger partial charge on any atom is 1.00 e. The number of phosphoric ester groups is 1. The number of aliphatic hydroxyl groups excluding tert-OH is 4. The van der Waals surface area contributed by atoms with Gasteiger partial charge in [0, 0.05) is 25.7 Å². The fourth-order valence-electron chi connectivity index (χ4n) is 12.0. The fraction of sp³-hybridized carbons (Fsp3) is 0.951. The third-order valence-corrected chi connectivity index (χ3v) is 18.9. The summed E-state index contributed by atoms with van der Waals surface area (Å²) in [6, 6.07) is 0. The number of phosphoric acid groups is 1. The summed E-state index contributed by atoms with van der Waals surface area (Å²) in [6.45, 7) is 6.99. The van der Waals surface area contributed by atoms with Crippen LogP contribution in [0.15, 0.2) is 0 Å². The second kappa shape index (κ2) is 91.2. The molecule has 0 saturated carbocycles. The van der Waals surface area contributed by atoms with E-state index in [1.807, 2.05) is 0 Å². The first-order valence-corrected chi connectivity index (χ1v) is 43.1. The largest absolute Gasteiger partial charge is 1.00 e. The van der Waals surface area contributed by atoms with E-state index in [4.69, 9.17) is 29.2 Å². The third kappa shape index (κ3) is 95.8. The summed E-state index contributed by atoms with van der Waals surface area (Å²) in [7, 11) is -5.00. The first-order chi connectivity index (χ1) is 47.7. The molecule has 0 aromatic rings. The van der Waals surface area contributed by atoms with E-state index in [1.165, 1.54) is 321 Å². The van der Waals surface area contributed by atoms with Crippen molar-refractivity contribution in [2.45, 2.75) is 457 Å². The van der Waals surface area contributed by atoms with E-state index in [2.05, 4.69) is 32.2 Å². The summed E-state index contributed by atoms with van der Waals surface area (Å²) < 4.78 is 34.5. The van der Waals surface area contributed by atoms with Gasteiger partial charge in [0.1, 0.15) is 19.3 Å². The number of unbranched alkanes of at least 4 members (excludes halogenated alkanes) is 56. The molecule has 586 valence electrons. The van der Waals surface area contributed by atoms with E-state index in [-0.39, 0.29) is 109 Å². The molecule has 0 aliphatic rings. The predicted octanol–water partition coefficient (Wildman–Crippen LogP) is 15.1. The van der Waals surface area contributed by atoms with Crippen LogP contribution in [0.2, 0.25) is 0 Å². The number of hydrogen-bond donors (Lipinski definition) is 4. The van der Waals surface area contributed by atoms with Crippen LogP contribution in [0.4, 0.5) is 0 Å². The summed E-state index contributed by atoms with van der Waals surface area (Å²) in [5.74, 6) is -1.15. The van der Waals surface area contributed by atoms with Crippen LogP contribution in [0.3, 0.4) is 0 Å². The van der Waals surface area contributed by atoms with Crippen molar-refractivity contribution in [1.82, 2.24) is 0 Å². The van der Waals surface area contributed by atoms with Crippen LogP contribution >= 0.6 is 7.82 Å². The topological polar surface area (TPSA) is 259 Å². The Labute approximate surface area is 659 Å². The SMILES string of the molecule is CCCCCCCCCCCCCCCCCC(=O)OC[C@H](CO)OC(=O)CCCCCCCCCCCCCCCCC.CCCCCCCCCCCCCCCCCC(=O)OC[C@H](CO)OC(=O)CCCCCCCCCCCCCCCCC.O=P([O-])([O-])OCC(O)CO.[Na+].[Na+]. The van der Waals surface area contributed by atoms with Gasteiger partial charge in [0.2, 0.25) is 0 Å². The molecule has 0 bridgehead atoms. The average Bonchev–Trinajstić information content (AvgIpc) is 1.30. The first-order valence-electron chi connectivity index (χ1n) is 41.6. The number of carbonyl (C=O) groups is 4. The van der Waals surface area contributed by atoms with Gasteiger partial charge in [-0.1, -0.05) is 387 Å². The minimum absolute atomic E-state index is 0. The number of rotatable bonds is 76. The molecule has 1 unspecified atom stereocenters. The molecule has 0 radical (unpaired) electrons. The molecule has 19 heteroatoms. The Bertz CT molecular complexity index is 1580. The van der Waals surface area contributed by atoms with Crippen LogP contribution in [0.5, 0.6) is 0 Å². The van der Waals surface area contributed by atoms with Crippen molar-refractivity contribution >= 4 is 31.7 Å². The van der Waals surface area contributed by atoms with Gasteiger partial charge in [-0.2, -0.15) is 0 Å². The quantitative estimate of drug-likeness (QED) is 0.0145. The Morgan fingerprint density at radius 2 is 0.450 bits per heavy atom. The van der Waals surface area contributed by atoms with Crippen LogP contribution in [0.1, 0.15) is 439 Å². The van der Waals surface area contributed by atoms with Gasteiger partial charge in [-0.15, -0.1) is 0 Å². The molecule has 4 N–H and O–H groups in total. The minimum atomic E-state index is -5.00. The predicted molar refractivity (Wildman–Crippen MR) is 401 cm³/mol. The third-order valence-electron chi connectivity index (χ3n) is 18.4. The molecule has 0 heterocycles. The molecular formula is C81H159Na2O16P. The van der Waals surface area contributed by atoms with Gasteiger partial charge in [-0.05, 0) is 25.7 Å². The summed E-state index contributed by atoms with van der Waals surface area (Å²) in [6.07, 6.45) is 76.1. The van der Waals surface area contributed by atoms with Gasteiger partial charge in [0.05, 0.1) is 34.3 Å². The van der Waals surface area contributed by atoms with Gasteiger partial charge in [0.15, 0.2) is 12.2 Å². The number of carbonyl (C=O) groups excluding carboxylic acids is 4. The molecule has 0 aliphatic heterocycles. The number of esters is 4. The molecule has 3 atom stereocenters. The molecule has 0 aromatic heterocycles. The van der Waals surface area contributed by atoms with Crippen molar-refractivity contribution in [3.05, 3.63) is 0 Å². The minimum Gasteiger partial charge on any atom is -0.790 e. The Balaban J connectivity index is -0.000000518. The van der Waals surface area contributed by atoms with E-state index < -0.39 is 39.3 Å². The van der Waals surface area contributed by atoms with Crippen molar-refractivity contribution in [1.29, 1.82) is 0 Å². The number of hydrogen-bond acceptors (Lipinski definition) is 16. The van der Waals surface area contributed by atoms with Crippen LogP contribution in [0.25, 0.3) is 0 Å². The first kappa shape index (κ1) is 108. The molecule has 0 rings (SSSR count). The second-order valence-corrected chi connectivity index (χ2v) is 29.5. The summed E-state index contributed by atoms with van der Waals surface area (Å²) in [5.41, 5.74) is 0. The van der Waals surface area contributed by atoms with Crippen molar-refractivity contribution in [2.24, 2.45) is 0 Å². The summed E-state index contributed by atoms with van der Waals surface area (Å²) >= 11 is 0. The number of ether oxygens (including phenoxy) is 4. The molecule has 0 spiro atoms. The molecule has 0 amide bonds. The van der Waals surface area contributed by atoms with E-state index in [0.717, 1.165) is 64.2 Å². The Kier molecular flexibility index (Phi) is 98.9. The smallest absolute Gasteiger partial charge is 0.790 e. The van der Waals surface area contributed by atoms with Gasteiger partial charge >= 0.3 is 83.0 Å². The molecule has 100 heavy (non-hydrogen) atoms. The van der Waals surface area contributed by atoms with E-state index in [1.54, 1.807) is 0 Å². The van der Waals surface area contributed by atoms with Crippen molar-refractivity contribution in [3.63, 3.8) is 0 Å². The average molecular weight is 1470 g/mol.